The number of nitrogens with zero attached hydrogens (tertiary/aromatic N) is 2. The van der Waals surface area contributed by atoms with Crippen LogP contribution in [0.1, 0.15) is 125 Å². The summed E-state index contributed by atoms with van der Waals surface area (Å²) in [4.78, 5) is 120. The number of likely N-dealkylation sites (N-methyl/N-ethyl adjacent to an activating group) is 2. The molecule has 1 heterocycles. The summed E-state index contributed by atoms with van der Waals surface area (Å²) in [6.07, 6.45) is 5.60. The number of ether oxygens (including phenoxy) is 3. The van der Waals surface area contributed by atoms with Crippen molar-refractivity contribution in [1.82, 2.24) is 35.8 Å². The quantitative estimate of drug-likeness (QED) is 0.0308. The summed E-state index contributed by atoms with van der Waals surface area (Å²) in [6.45, 7) is 19.8. The van der Waals surface area contributed by atoms with Gasteiger partial charge in [0.2, 0.25) is 17.7 Å². The minimum absolute atomic E-state index is 0.00803. The number of sulfonamides is 1. The molecule has 2 aliphatic rings. The first kappa shape index (κ1) is 70.8. The van der Waals surface area contributed by atoms with Crippen molar-refractivity contribution in [3.8, 4) is 0 Å². The van der Waals surface area contributed by atoms with Gasteiger partial charge in [0.1, 0.15) is 11.8 Å². The molecule has 1 fully saturated rings. The van der Waals surface area contributed by atoms with Crippen LogP contribution in [0.25, 0.3) is 0 Å². The van der Waals surface area contributed by atoms with Gasteiger partial charge in [-0.15, -0.1) is 0 Å². The number of hydrogen-bond acceptors (Lipinski definition) is 15. The van der Waals surface area contributed by atoms with E-state index in [0.717, 1.165) is 10.5 Å². The van der Waals surface area contributed by atoms with Crippen LogP contribution in [0, 0.1) is 23.2 Å². The number of nitrogens with two attached hydrogens (primary N) is 1. The number of carbonyl (C=O) groups excluding carboxylic acids is 9. The number of hydrogen-bond donors (Lipinski definition) is 6. The van der Waals surface area contributed by atoms with E-state index in [1.807, 2.05) is 92.6 Å². The van der Waals surface area contributed by atoms with Gasteiger partial charge in [-0.05, 0) is 80.2 Å². The maximum Gasteiger partial charge on any atom is 0.312 e. The molecular formula is C62H92N8O14S. The predicted molar refractivity (Wildman–Crippen MR) is 321 cm³/mol. The Balaban J connectivity index is 1.35. The SMILES string of the molecule is CN[C@H](C(=O)N[C@H](C(=O)N(C)[C@H](/C=C(\C)C(=O)NS(=O)(=O)c1ccc(C2(CC(=O)[C@H](CCCNC(N)=O)NC(=O)[C@@H](CC(=O)CCOCCOCCOCCN3C(=O)C=CC3=O)C(C)C)CC2)cc1)C(C)C)C(C)(C)C)C(C)(C)c1ccccc1. The Morgan fingerprint density at radius 3 is 1.88 bits per heavy atom. The molecule has 0 aromatic heterocycles. The van der Waals surface area contributed by atoms with Gasteiger partial charge in [0.05, 0.1) is 69.2 Å². The third-order valence-corrected chi connectivity index (χ3v) is 17.1. The molecule has 1 aliphatic heterocycles. The fourth-order valence-electron chi connectivity index (χ4n) is 10.2. The molecule has 7 N–H and O–H groups in total. The lowest BCUT2D eigenvalue weighted by Gasteiger charge is -2.40. The van der Waals surface area contributed by atoms with E-state index in [2.05, 4.69) is 26.0 Å². The van der Waals surface area contributed by atoms with Crippen molar-refractivity contribution in [1.29, 1.82) is 0 Å². The lowest BCUT2D eigenvalue weighted by Crippen LogP contribution is -2.61. The number of urea groups is 1. The largest absolute Gasteiger partial charge is 0.379 e. The molecule has 2 aromatic rings. The molecule has 2 aromatic carbocycles. The van der Waals surface area contributed by atoms with Crippen molar-refractivity contribution in [3.05, 3.63) is 89.5 Å². The average Bonchev–Trinajstić information content (AvgIpc) is 2.24. The summed E-state index contributed by atoms with van der Waals surface area (Å²) in [5, 5.41) is 11.6. The third kappa shape index (κ3) is 21.1. The second kappa shape index (κ2) is 32.2. The third-order valence-electron chi connectivity index (χ3n) is 15.7. The van der Waals surface area contributed by atoms with E-state index in [-0.39, 0.29) is 130 Å². The molecule has 0 bridgehead atoms. The number of carbonyl (C=O) groups is 9. The second-order valence-electron chi connectivity index (χ2n) is 24.4. The van der Waals surface area contributed by atoms with Gasteiger partial charge in [0.15, 0.2) is 5.78 Å². The Morgan fingerprint density at radius 1 is 0.776 bits per heavy atom. The van der Waals surface area contributed by atoms with E-state index in [0.29, 0.717) is 24.8 Å². The summed E-state index contributed by atoms with van der Waals surface area (Å²) in [5.41, 5.74) is 4.90. The number of imide groups is 1. The fourth-order valence-corrected chi connectivity index (χ4v) is 11.2. The van der Waals surface area contributed by atoms with Crippen LogP contribution in [0.5, 0.6) is 0 Å². The van der Waals surface area contributed by atoms with Gasteiger partial charge in [-0.3, -0.25) is 43.3 Å². The van der Waals surface area contributed by atoms with Gasteiger partial charge in [0.25, 0.3) is 27.7 Å². The van der Waals surface area contributed by atoms with Gasteiger partial charge in [-0.25, -0.2) is 17.9 Å². The van der Waals surface area contributed by atoms with Crippen molar-refractivity contribution in [2.24, 2.45) is 28.9 Å². The van der Waals surface area contributed by atoms with E-state index >= 15 is 0 Å². The van der Waals surface area contributed by atoms with Gasteiger partial charge >= 0.3 is 6.03 Å². The molecule has 470 valence electrons. The number of rotatable bonds is 37. The minimum Gasteiger partial charge on any atom is -0.379 e. The van der Waals surface area contributed by atoms with E-state index < -0.39 is 80.1 Å². The predicted octanol–water partition coefficient (Wildman–Crippen LogP) is 4.54. The minimum atomic E-state index is -4.42. The maximum absolute atomic E-state index is 14.4. The maximum atomic E-state index is 14.4. The fraction of sp³-hybridized carbons (Fsp3) is 0.597. The number of ketones is 2. The van der Waals surface area contributed by atoms with Crippen LogP contribution >= 0.6 is 0 Å². The first-order valence-corrected chi connectivity index (χ1v) is 30.7. The van der Waals surface area contributed by atoms with Crippen LogP contribution in [0.15, 0.2) is 83.3 Å². The zero-order valence-electron chi connectivity index (χ0n) is 51.7. The highest BCUT2D eigenvalue weighted by Crippen LogP contribution is 2.51. The molecule has 0 spiro atoms. The van der Waals surface area contributed by atoms with Gasteiger partial charge in [0, 0.05) is 67.3 Å². The Kier molecular flexibility index (Phi) is 26.8. The molecular weight excluding hydrogens is 1110 g/mol. The summed E-state index contributed by atoms with van der Waals surface area (Å²) in [7, 11) is -1.14. The van der Waals surface area contributed by atoms with Crippen LogP contribution < -0.4 is 31.7 Å². The highest BCUT2D eigenvalue weighted by Gasteiger charge is 2.47. The van der Waals surface area contributed by atoms with Crippen LogP contribution in [0.4, 0.5) is 4.79 Å². The molecule has 8 amide bonds. The Labute approximate surface area is 502 Å². The Hall–Kier alpha value is -6.66. The smallest absolute Gasteiger partial charge is 0.312 e. The average molecular weight is 1210 g/mol. The molecule has 1 aliphatic carbocycles. The molecule has 85 heavy (non-hydrogen) atoms. The highest BCUT2D eigenvalue weighted by molar-refractivity contribution is 7.90. The molecule has 1 saturated carbocycles. The van der Waals surface area contributed by atoms with Gasteiger partial charge in [-0.1, -0.05) is 111 Å². The summed E-state index contributed by atoms with van der Waals surface area (Å²) in [5.74, 6) is -4.65. The Bertz CT molecular complexity index is 2810. The van der Waals surface area contributed by atoms with Crippen molar-refractivity contribution >= 4 is 63.1 Å². The van der Waals surface area contributed by atoms with E-state index in [9.17, 15) is 51.6 Å². The van der Waals surface area contributed by atoms with Crippen molar-refractivity contribution in [2.45, 2.75) is 154 Å². The molecule has 4 rings (SSSR count). The number of amides is 8. The summed E-state index contributed by atoms with van der Waals surface area (Å²) < 4.78 is 46.2. The van der Waals surface area contributed by atoms with Crippen LogP contribution in [0.2, 0.25) is 0 Å². The molecule has 22 nitrogen and oxygen atoms in total. The van der Waals surface area contributed by atoms with E-state index in [4.69, 9.17) is 19.9 Å². The van der Waals surface area contributed by atoms with Crippen LogP contribution in [-0.2, 0) is 73.4 Å². The molecule has 0 unspecified atom stereocenters. The molecule has 0 radical (unpaired) electrons. The normalized spacial score (nSPS) is 16.1. The highest BCUT2D eigenvalue weighted by atomic mass is 32.2. The molecule has 0 saturated heterocycles. The standard InChI is InChI=1S/C62H92N8O14S/c1-40(2)47(38-45(71)26-31-82-33-35-84-36-34-83-32-30-70-51(73)24-25-52(70)74)56(76)66-48(19-16-29-65-59(63)79)50(72)39-62(27-28-62)44-20-22-46(23-21-44)85(80,81)68-55(75)42(5)37-49(41(3)4)69(12)58(78)54(60(6,7)8)67-57(77)53(64-11)61(9,10)43-17-14-13-15-18-43/h13-15,17-18,20-25,37,40-41,47-49,53-54,64H,16,19,26-36,38-39H2,1-12H3,(H,66,76)(H,67,77)(H,68,75)(H3,63,65,79)/b42-37+/t47-,48-,49+,53+,54+/m0/s1. The van der Waals surface area contributed by atoms with Crippen LogP contribution in [-0.4, -0.2) is 162 Å². The lowest BCUT2D eigenvalue weighted by atomic mass is 9.76. The van der Waals surface area contributed by atoms with Gasteiger partial charge < -0.3 is 46.1 Å². The number of nitrogens with one attached hydrogen (secondary N) is 5. The zero-order valence-corrected chi connectivity index (χ0v) is 52.5. The molecule has 23 heteroatoms. The van der Waals surface area contributed by atoms with Crippen molar-refractivity contribution < 1.29 is 65.8 Å². The first-order valence-electron chi connectivity index (χ1n) is 29.2. The number of Topliss-reactive ketones (excluding diaryl/α,β-unsaturated/α-hetero) is 2. The monoisotopic (exact) mass is 1200 g/mol. The Morgan fingerprint density at radius 2 is 1.35 bits per heavy atom. The van der Waals surface area contributed by atoms with Crippen LogP contribution in [0.3, 0.4) is 0 Å². The number of primary amides is 1. The van der Waals surface area contributed by atoms with Crippen molar-refractivity contribution in [2.75, 3.05) is 66.8 Å². The summed E-state index contributed by atoms with van der Waals surface area (Å²) >= 11 is 0. The van der Waals surface area contributed by atoms with E-state index in [1.54, 1.807) is 32.3 Å². The van der Waals surface area contributed by atoms with E-state index in [1.165, 1.54) is 36.1 Å². The first-order chi connectivity index (χ1) is 39.9. The van der Waals surface area contributed by atoms with Crippen molar-refractivity contribution in [3.63, 3.8) is 0 Å². The number of benzene rings is 2. The molecule has 5 atom stereocenters. The lowest BCUT2D eigenvalue weighted by molar-refractivity contribution is -0.141. The topological polar surface area (TPSA) is 308 Å². The second-order valence-corrected chi connectivity index (χ2v) is 26.1. The summed E-state index contributed by atoms with van der Waals surface area (Å²) in [6, 6.07) is 11.5. The zero-order chi connectivity index (χ0) is 63.5. The van der Waals surface area contributed by atoms with Gasteiger partial charge in [-0.2, -0.15) is 0 Å².